The third-order valence-electron chi connectivity index (χ3n) is 21.3. The number of imidazole rings is 2. The number of hydrogen-bond donors (Lipinski definition) is 14. The molecule has 4 rings (SSSR count). The van der Waals surface area contributed by atoms with Crippen LogP contribution in [0.15, 0.2) is 85.7 Å². The number of amides is 8. The number of phosphoric acid groups is 1. The number of aryl methyl sites for hydroxylation is 2. The number of nitrogens with two attached hydrogens (primary N) is 3. The monoisotopic (exact) mass is 1870 g/mol. The lowest BCUT2D eigenvalue weighted by Gasteiger charge is -2.26. The first-order valence-electron chi connectivity index (χ1n) is 44.0. The molecule has 0 fully saturated rings. The van der Waals surface area contributed by atoms with Gasteiger partial charge in [-0.1, -0.05) is 128 Å². The van der Waals surface area contributed by atoms with Gasteiger partial charge in [0.05, 0.1) is 138 Å². The largest absolute Gasteiger partial charge is 0.469 e. The molecule has 0 unspecified atom stereocenters. The Hall–Kier alpha value is -8.62. The molecule has 0 aliphatic rings. The summed E-state index contributed by atoms with van der Waals surface area (Å²) in [5, 5.41) is 10.9. The number of H-pyrrole nitrogens is 2. The van der Waals surface area contributed by atoms with Crippen molar-refractivity contribution in [2.45, 2.75) is 240 Å². The van der Waals surface area contributed by atoms with E-state index >= 15 is 0 Å². The minimum atomic E-state index is -5.00. The van der Waals surface area contributed by atoms with E-state index in [2.05, 4.69) is 82.6 Å². The lowest BCUT2D eigenvalue weighted by Crippen LogP contribution is -2.49. The summed E-state index contributed by atoms with van der Waals surface area (Å²) >= 11 is 4.04. The first-order valence-corrected chi connectivity index (χ1v) is 47.9. The van der Waals surface area contributed by atoms with Gasteiger partial charge in [0.15, 0.2) is 23.1 Å². The summed E-state index contributed by atoms with van der Waals surface area (Å²) in [4.78, 5) is 226. The fraction of sp³-hybridized carbons (Fsp3) is 0.652. The smallest absolute Gasteiger partial charge is 0.382 e. The topological polar surface area (TPSA) is 573 Å². The minimum Gasteiger partial charge on any atom is -0.382 e. The highest BCUT2D eigenvalue weighted by atomic mass is 32.1. The Bertz CT molecular complexity index is 4090. The van der Waals surface area contributed by atoms with E-state index in [9.17, 15) is 81.2 Å². The maximum atomic E-state index is 14.1. The van der Waals surface area contributed by atoms with Gasteiger partial charge in [-0.3, -0.25) is 71.4 Å². The molecular weight excluding hydrogens is 1730 g/mol. The first kappa shape index (κ1) is 116. The number of aromatic nitrogens is 4. The summed E-state index contributed by atoms with van der Waals surface area (Å²) in [6.07, 6.45) is 12.2. The van der Waals surface area contributed by atoms with Gasteiger partial charge in [-0.05, 0) is 107 Å². The van der Waals surface area contributed by atoms with Gasteiger partial charge in [-0.25, -0.2) is 14.5 Å². The predicted molar refractivity (Wildman–Crippen MR) is 489 cm³/mol. The van der Waals surface area contributed by atoms with E-state index in [0.29, 0.717) is 70.0 Å². The van der Waals surface area contributed by atoms with Crippen LogP contribution >= 0.6 is 28.0 Å². The molecule has 2 heterocycles. The normalized spacial score (nSPS) is 14.1. The molecule has 0 aliphatic carbocycles. The molecule has 129 heavy (non-hydrogen) atoms. The van der Waals surface area contributed by atoms with Crippen molar-refractivity contribution in [3.63, 3.8) is 0 Å². The second-order valence-corrected chi connectivity index (χ2v) is 36.6. The molecular formula is C89H145N13O24P2S. The number of ether oxygens (including phenoxy) is 4. The molecule has 8 amide bonds. The fourth-order valence-electron chi connectivity index (χ4n) is 14.1. The third-order valence-corrected chi connectivity index (χ3v) is 23.3. The Morgan fingerprint density at radius 1 is 0.496 bits per heavy atom. The van der Waals surface area contributed by atoms with Gasteiger partial charge in [0.2, 0.25) is 47.3 Å². The highest BCUT2D eigenvalue weighted by molar-refractivity contribution is 7.80. The van der Waals surface area contributed by atoms with Crippen LogP contribution in [-0.2, 0) is 121 Å². The van der Waals surface area contributed by atoms with Gasteiger partial charge >= 0.3 is 15.4 Å². The van der Waals surface area contributed by atoms with Crippen LogP contribution in [0.3, 0.4) is 0 Å². The number of aromatic amines is 2. The number of hydrogen-bond acceptors (Lipinski definition) is 24. The maximum absolute atomic E-state index is 14.1. The van der Waals surface area contributed by atoms with Crippen molar-refractivity contribution >= 4 is 104 Å². The number of thiol groups is 1. The van der Waals surface area contributed by atoms with E-state index in [0.717, 1.165) is 51.4 Å². The van der Waals surface area contributed by atoms with E-state index in [-0.39, 0.29) is 133 Å². The average Bonchev–Trinajstić information content (AvgIpc) is 1.79. The summed E-state index contributed by atoms with van der Waals surface area (Å²) < 4.78 is 49.2. The van der Waals surface area contributed by atoms with Gasteiger partial charge in [0.25, 0.3) is 0 Å². The van der Waals surface area contributed by atoms with E-state index < -0.39 is 159 Å². The summed E-state index contributed by atoms with van der Waals surface area (Å²) in [6.45, 7) is 14.8. The number of benzene rings is 2. The number of methoxy groups -OCH3 is 1. The summed E-state index contributed by atoms with van der Waals surface area (Å²) in [7, 11) is -7.97. The van der Waals surface area contributed by atoms with Crippen LogP contribution in [0.25, 0.3) is 0 Å². The summed E-state index contributed by atoms with van der Waals surface area (Å²) in [6, 6.07) is 15.4. The number of rotatable bonds is 70. The van der Waals surface area contributed by atoms with Crippen molar-refractivity contribution in [1.29, 1.82) is 0 Å². The SMILES string of the molecule is C.CC(C)C[C@H](NC(=O)CN(CCCCCCc1ccccc1)C(=O)CCOCCOCCCC(=O)[C@@H](N)CS)C(=O)C[C@@H](Cc1cnc[nH]1)C(=O)N[C@@H](C)C(=O)C[C@H](C(N)=O)[C@@H](C)CP(=O)(O)O.COCCOCCC(=O)N(CCCCCCc1ccccc1)CC(=O)N[C@@H](CC(C)C)C(=O)C[C@@H](Cc1cnc[nH]1)C(=O)N[C@@H](C)C(=O)C[C@H](C(N)=O)[C@@H](C)OP(=O)(O)O. The molecule has 0 radical (unpaired) electrons. The van der Waals surface area contributed by atoms with E-state index in [1.807, 2.05) is 64.1 Å². The average molecular weight is 1880 g/mol. The minimum absolute atomic E-state index is 0. The number of ketones is 5. The van der Waals surface area contributed by atoms with Crippen LogP contribution in [-0.4, -0.2) is 253 Å². The lowest BCUT2D eigenvalue weighted by molar-refractivity contribution is -0.138. The number of phosphoric ester groups is 1. The highest BCUT2D eigenvalue weighted by Crippen LogP contribution is 2.41. The number of nitrogens with zero attached hydrogens (tertiary/aromatic N) is 4. The number of unbranched alkanes of at least 4 members (excludes halogenated alkanes) is 6. The van der Waals surface area contributed by atoms with Gasteiger partial charge in [-0.2, -0.15) is 12.6 Å². The van der Waals surface area contributed by atoms with Crippen LogP contribution in [0.2, 0.25) is 0 Å². The van der Waals surface area contributed by atoms with Crippen LogP contribution < -0.4 is 38.5 Å². The lowest BCUT2D eigenvalue weighted by atomic mass is 9.88. The van der Waals surface area contributed by atoms with Crippen LogP contribution in [0, 0.1) is 41.4 Å². The Labute approximate surface area is 764 Å². The predicted octanol–water partition coefficient (Wildman–Crippen LogP) is 6.54. The fourth-order valence-corrected chi connectivity index (χ4v) is 15.9. The molecule has 37 nitrogen and oxygen atoms in total. The Morgan fingerprint density at radius 2 is 0.899 bits per heavy atom. The molecule has 0 saturated carbocycles. The number of primary amides is 2. The molecule has 0 aliphatic heterocycles. The number of nitrogens with one attached hydrogen (secondary N) is 6. The van der Waals surface area contributed by atoms with Crippen molar-refractivity contribution in [3.05, 3.63) is 108 Å². The van der Waals surface area contributed by atoms with Crippen LogP contribution in [0.1, 0.15) is 201 Å². The molecule has 2 aromatic carbocycles. The second-order valence-electron chi connectivity index (χ2n) is 33.4. The Morgan fingerprint density at radius 3 is 1.27 bits per heavy atom. The van der Waals surface area contributed by atoms with Gasteiger partial charge < -0.3 is 96.8 Å². The van der Waals surface area contributed by atoms with Crippen molar-refractivity contribution in [3.8, 4) is 0 Å². The maximum Gasteiger partial charge on any atom is 0.469 e. The van der Waals surface area contributed by atoms with Gasteiger partial charge in [0, 0.05) is 107 Å². The quantitative estimate of drug-likeness (QED) is 0.0127. The summed E-state index contributed by atoms with van der Waals surface area (Å²) in [5.41, 5.74) is 20.2. The van der Waals surface area contributed by atoms with E-state index in [1.54, 1.807) is 7.11 Å². The van der Waals surface area contributed by atoms with Crippen molar-refractivity contribution in [2.75, 3.05) is 91.5 Å². The molecule has 0 spiro atoms. The number of Topliss-reactive ketones (excluding diaryl/α,β-unsaturated/α-hetero) is 5. The Kier molecular flexibility index (Phi) is 58.0. The molecule has 4 aromatic rings. The highest BCUT2D eigenvalue weighted by Gasteiger charge is 2.38. The zero-order valence-corrected chi connectivity index (χ0v) is 78.3. The van der Waals surface area contributed by atoms with E-state index in [4.69, 9.17) is 45.9 Å². The standard InChI is InChI=1S/C47H76N7O12PS.C41H65N6O12P.CH4/c1-32(2)23-40(43(57)25-36(24-37-27-50-31-51-37)47(61)52-34(4)42(56)26-38(46(49)60)33(3)29-67(62,63)64)53-44(58)28-54(18-11-6-5-8-13-35-14-9-7-10-15-35)45(59)17-20-66-22-21-65-19-12-16-41(55)39(48)30-68;1-28(2)21-35(46-38(50)26-47(39(51)16-18-58-20-19-57-5)17-12-7-6-9-13-31-14-10-8-11-15-31)37(49)23-32(22-33-25-43-27-44-33)41(53)45-29(3)36(48)24-34(40(42)52)30(4)59-60(54,55)56;/h7,9-10,14-15,27,31-34,36,38-40,68H,5-6,8,11-13,16-26,28-30,48H2,1-4H3,(H2,49,60)(H,50,51)(H,52,61)(H,53,58)(H2,62,63,64);8,10-11,14-15,25,27-30,32,34-35H,6-7,9,12-13,16-24,26H2,1-5H3,(H2,42,52)(H,43,44)(H,45,53)(H,46,50)(H2,54,55,56);1H4/t33-,34-,36+,38-,39-,40-;29-,30+,32+,34-,35-;/m00./s1. The van der Waals surface area contributed by atoms with Crippen LogP contribution in [0.5, 0.6) is 0 Å². The third kappa shape index (κ3) is 51.7. The molecule has 0 saturated heterocycles. The van der Waals surface area contributed by atoms with Crippen molar-refractivity contribution in [2.24, 2.45) is 58.6 Å². The molecule has 726 valence electrons. The van der Waals surface area contributed by atoms with Gasteiger partial charge in [-0.15, -0.1) is 0 Å². The van der Waals surface area contributed by atoms with Gasteiger partial charge in [0.1, 0.15) is 5.78 Å². The zero-order valence-electron chi connectivity index (χ0n) is 75.7. The summed E-state index contributed by atoms with van der Waals surface area (Å²) in [5.74, 6) is -12.5. The number of carbonyl (C=O) groups is 13. The molecule has 0 bridgehead atoms. The molecule has 40 heteroatoms. The van der Waals surface area contributed by atoms with Crippen molar-refractivity contribution in [1.82, 2.24) is 51.0 Å². The zero-order chi connectivity index (χ0) is 95.3. The number of carbonyl (C=O) groups excluding carboxylic acids is 13. The molecule has 11 atom stereocenters. The molecule has 2 aromatic heterocycles. The molecule has 16 N–H and O–H groups in total. The van der Waals surface area contributed by atoms with E-state index in [1.165, 1.54) is 73.7 Å². The Balaban J connectivity index is 0.000000873. The van der Waals surface area contributed by atoms with Crippen molar-refractivity contribution < 1.29 is 115 Å². The second kappa shape index (κ2) is 64.2. The van der Waals surface area contributed by atoms with Crippen LogP contribution in [0.4, 0.5) is 0 Å². The first-order chi connectivity index (χ1) is 60.6.